The van der Waals surface area contributed by atoms with Crippen molar-refractivity contribution >= 4 is 30.0 Å². The lowest BCUT2D eigenvalue weighted by Gasteiger charge is -2.50. The van der Waals surface area contributed by atoms with Crippen LogP contribution in [0.4, 0.5) is 0 Å². The molecule has 0 aliphatic carbocycles. The molecule has 21 unspecified atom stereocenters. The number of nitrogens with zero attached hydrogens (tertiary/aromatic N) is 1. The second kappa shape index (κ2) is 28.2. The summed E-state index contributed by atoms with van der Waals surface area (Å²) in [5.74, 6) is -4.63. The van der Waals surface area contributed by atoms with Gasteiger partial charge in [-0.1, -0.05) is 52.3 Å². The van der Waals surface area contributed by atoms with Crippen LogP contribution in [-0.4, -0.2) is 189 Å². The largest absolute Gasteiger partial charge is 0.462 e. The predicted molar refractivity (Wildman–Crippen MR) is 263 cm³/mol. The fraction of sp³-hybridized carbons (Fsp3) is 0.830. The Bertz CT molecular complexity index is 1860. The van der Waals surface area contributed by atoms with E-state index in [9.17, 15) is 39.3 Å². The lowest BCUT2D eigenvalue weighted by Crippen LogP contribution is -2.65. The SMILES string of the molecule is CCC1OC(=O)CC(O)C(C)C(OC2OC(C)C(OC3CC(C)(O)C(OC(C)=O)C(C)O3)C(N(C)C)C2O)C(CC=O)CC(C)C(=O)/C=C\C(C)=C\C1COC1OC(C)C(OC(=O)CC(C)C)C(OC)C1OC. The molecule has 0 aromatic rings. The van der Waals surface area contributed by atoms with E-state index in [2.05, 4.69) is 0 Å². The minimum Gasteiger partial charge on any atom is -0.462 e. The van der Waals surface area contributed by atoms with E-state index in [0.717, 1.165) is 0 Å². The molecule has 20 heteroatoms. The van der Waals surface area contributed by atoms with Crippen LogP contribution in [0.3, 0.4) is 0 Å². The first-order valence-corrected chi connectivity index (χ1v) is 25.9. The maximum Gasteiger partial charge on any atom is 0.308 e. The lowest BCUT2D eigenvalue weighted by molar-refractivity contribution is -0.342. The normalized spacial score (nSPS) is 41.6. The quantitative estimate of drug-likeness (QED) is 0.106. The van der Waals surface area contributed by atoms with Gasteiger partial charge in [-0.2, -0.15) is 0 Å². The van der Waals surface area contributed by atoms with Gasteiger partial charge in [0.1, 0.15) is 42.4 Å². The van der Waals surface area contributed by atoms with E-state index in [1.54, 1.807) is 66.6 Å². The van der Waals surface area contributed by atoms with Crippen molar-refractivity contribution in [2.24, 2.45) is 29.6 Å². The Morgan fingerprint density at radius 3 is 2.11 bits per heavy atom. The van der Waals surface area contributed by atoms with Crippen LogP contribution in [0.1, 0.15) is 115 Å². The second-order valence-corrected chi connectivity index (χ2v) is 21.4. The first-order chi connectivity index (χ1) is 34.3. The van der Waals surface area contributed by atoms with Crippen molar-refractivity contribution in [3.63, 3.8) is 0 Å². The van der Waals surface area contributed by atoms with Crippen molar-refractivity contribution in [3.05, 3.63) is 23.8 Å². The summed E-state index contributed by atoms with van der Waals surface area (Å²) < 4.78 is 67.2. The molecule has 3 fully saturated rings. The molecule has 0 aromatic heterocycles. The van der Waals surface area contributed by atoms with Crippen LogP contribution in [0.2, 0.25) is 0 Å². The third kappa shape index (κ3) is 16.9. The van der Waals surface area contributed by atoms with Crippen LogP contribution in [0.25, 0.3) is 0 Å². The van der Waals surface area contributed by atoms with Gasteiger partial charge in [-0.05, 0) is 79.5 Å². The molecule has 0 bridgehead atoms. The number of cyclic esters (lactones) is 1. The summed E-state index contributed by atoms with van der Waals surface area (Å²) in [6, 6.07) is -0.786. The van der Waals surface area contributed by atoms with Crippen molar-refractivity contribution in [2.45, 2.75) is 218 Å². The van der Waals surface area contributed by atoms with Crippen LogP contribution < -0.4 is 0 Å². The van der Waals surface area contributed by atoms with Gasteiger partial charge in [-0.3, -0.25) is 19.2 Å². The zero-order chi connectivity index (χ0) is 54.6. The van der Waals surface area contributed by atoms with Crippen molar-refractivity contribution in [2.75, 3.05) is 34.9 Å². The number of aldehydes is 1. The minimum absolute atomic E-state index is 0.0405. The number of ether oxygens (including phenoxy) is 11. The molecule has 4 heterocycles. The average molecular weight is 1040 g/mol. The van der Waals surface area contributed by atoms with Gasteiger partial charge in [-0.15, -0.1) is 0 Å². The van der Waals surface area contributed by atoms with E-state index in [4.69, 9.17) is 52.1 Å². The molecule has 4 aliphatic heterocycles. The molecule has 3 saturated heterocycles. The number of carbonyl (C=O) groups excluding carboxylic acids is 5. The highest BCUT2D eigenvalue weighted by Gasteiger charge is 2.53. The molecule has 3 N–H and O–H groups in total. The number of aliphatic hydroxyl groups is 3. The molecule has 4 aliphatic rings. The molecule has 0 radical (unpaired) electrons. The van der Waals surface area contributed by atoms with Crippen molar-refractivity contribution < 1.29 is 91.4 Å². The molecule has 21 atom stereocenters. The highest BCUT2D eigenvalue weighted by molar-refractivity contribution is 5.91. The summed E-state index contributed by atoms with van der Waals surface area (Å²) in [6.45, 7) is 18.8. The number of methoxy groups -OCH3 is 2. The predicted octanol–water partition coefficient (Wildman–Crippen LogP) is 4.00. The van der Waals surface area contributed by atoms with Gasteiger partial charge in [-0.25, -0.2) is 0 Å². The minimum atomic E-state index is -1.51. The Morgan fingerprint density at radius 1 is 0.890 bits per heavy atom. The molecule has 0 amide bonds. The summed E-state index contributed by atoms with van der Waals surface area (Å²) in [5, 5.41) is 35.3. The monoisotopic (exact) mass is 1040 g/mol. The zero-order valence-corrected chi connectivity index (χ0v) is 45.7. The first kappa shape index (κ1) is 62.3. The van der Waals surface area contributed by atoms with Gasteiger partial charge in [0.2, 0.25) is 0 Å². The fourth-order valence-corrected chi connectivity index (χ4v) is 10.6. The number of hydrogen-bond acceptors (Lipinski definition) is 20. The van der Waals surface area contributed by atoms with Crippen molar-refractivity contribution in [1.82, 2.24) is 4.90 Å². The molecule has 0 aromatic carbocycles. The highest BCUT2D eigenvalue weighted by atomic mass is 16.7. The molecule has 73 heavy (non-hydrogen) atoms. The van der Waals surface area contributed by atoms with E-state index in [-0.39, 0.29) is 44.0 Å². The van der Waals surface area contributed by atoms with E-state index in [1.165, 1.54) is 34.1 Å². The summed E-state index contributed by atoms with van der Waals surface area (Å²) in [5.41, 5.74) is -0.840. The van der Waals surface area contributed by atoms with Gasteiger partial charge < -0.3 is 77.1 Å². The van der Waals surface area contributed by atoms with Gasteiger partial charge in [0.25, 0.3) is 0 Å². The number of esters is 3. The van der Waals surface area contributed by atoms with Gasteiger partial charge in [0.05, 0.1) is 49.6 Å². The molecule has 4 rings (SSSR count). The van der Waals surface area contributed by atoms with E-state index >= 15 is 0 Å². The van der Waals surface area contributed by atoms with E-state index in [1.807, 2.05) is 26.8 Å². The smallest absolute Gasteiger partial charge is 0.308 e. The number of carbonyl (C=O) groups is 5. The molecule has 20 nitrogen and oxygen atoms in total. The van der Waals surface area contributed by atoms with Gasteiger partial charge >= 0.3 is 17.9 Å². The summed E-state index contributed by atoms with van der Waals surface area (Å²) >= 11 is 0. The maximum absolute atomic E-state index is 14.0. The number of allylic oxidation sites excluding steroid dienone is 3. The number of ketones is 1. The molecule has 418 valence electrons. The van der Waals surface area contributed by atoms with Crippen LogP contribution in [-0.2, 0) is 76.1 Å². The summed E-state index contributed by atoms with van der Waals surface area (Å²) in [7, 11) is 6.45. The Balaban J connectivity index is 1.60. The van der Waals surface area contributed by atoms with Crippen LogP contribution >= 0.6 is 0 Å². The second-order valence-electron chi connectivity index (χ2n) is 21.4. The number of hydrogen-bond donors (Lipinski definition) is 3. The zero-order valence-electron chi connectivity index (χ0n) is 45.7. The number of likely N-dealkylation sites (N-methyl/N-ethyl adjacent to an activating group) is 1. The Labute approximate surface area is 432 Å². The van der Waals surface area contributed by atoms with Crippen LogP contribution in [0.5, 0.6) is 0 Å². The first-order valence-electron chi connectivity index (χ1n) is 25.9. The Hall–Kier alpha value is -3.25. The molecular formula is C53H87NO19. The van der Waals surface area contributed by atoms with Crippen LogP contribution in [0, 0.1) is 29.6 Å². The topological polar surface area (TPSA) is 251 Å². The number of aliphatic hydroxyl groups excluding tert-OH is 2. The Kier molecular flexibility index (Phi) is 24.1. The molecule has 0 saturated carbocycles. The summed E-state index contributed by atoms with van der Waals surface area (Å²) in [6.07, 6.45) is -8.45. The van der Waals surface area contributed by atoms with E-state index in [0.29, 0.717) is 18.3 Å². The fourth-order valence-electron chi connectivity index (χ4n) is 10.6. The van der Waals surface area contributed by atoms with Crippen molar-refractivity contribution in [1.29, 1.82) is 0 Å². The average Bonchev–Trinajstić information content (AvgIpc) is 3.29. The molecule has 0 spiro atoms. The maximum atomic E-state index is 14.0. The lowest BCUT2D eigenvalue weighted by atomic mass is 9.79. The van der Waals surface area contributed by atoms with E-state index < -0.39 is 152 Å². The van der Waals surface area contributed by atoms with Crippen LogP contribution in [0.15, 0.2) is 23.8 Å². The number of rotatable bonds is 17. The summed E-state index contributed by atoms with van der Waals surface area (Å²) in [4.78, 5) is 66.5. The third-order valence-corrected chi connectivity index (χ3v) is 14.5. The standard InChI is InChI=1S/C53H87NO19/c1-16-39-36(26-65-52-49(64-15)48(63-14)47(32(8)68-52)71-40(59)21-27(2)3)22-28(4)17-18-37(57)29(5)23-35(19-20-55)45(30(6)38(58)24-41(60)70-39)73-51-44(61)43(54(12)13)46(31(7)67-51)72-42-25-53(11,62)50(33(9)66-42)69-34(10)56/h17-18,20,22,27,29-33,35-36,38-39,42-52,58,61-62H,16,19,21,23-26H2,1-15H3/b18-17-,28-22+. The van der Waals surface area contributed by atoms with Gasteiger partial charge in [0.15, 0.2) is 36.9 Å². The molecular weight excluding hydrogens is 955 g/mol. The Morgan fingerprint density at radius 2 is 1.53 bits per heavy atom. The van der Waals surface area contributed by atoms with Gasteiger partial charge in [0, 0.05) is 58.2 Å². The highest BCUT2D eigenvalue weighted by Crippen LogP contribution is 2.38. The third-order valence-electron chi connectivity index (χ3n) is 14.5. The van der Waals surface area contributed by atoms with Crippen molar-refractivity contribution in [3.8, 4) is 0 Å².